The minimum atomic E-state index is -0.221. The number of aryl methyl sites for hydroxylation is 2. The maximum absolute atomic E-state index is 12.2. The Balaban J connectivity index is 2.01. The number of aliphatic hydroxyl groups is 1. The zero-order chi connectivity index (χ0) is 19.1. The van der Waals surface area contributed by atoms with Crippen molar-refractivity contribution in [3.8, 4) is 0 Å². The number of amides is 2. The van der Waals surface area contributed by atoms with Crippen LogP contribution in [0, 0.1) is 13.8 Å². The van der Waals surface area contributed by atoms with Crippen molar-refractivity contribution in [3.63, 3.8) is 0 Å². The van der Waals surface area contributed by atoms with Gasteiger partial charge in [-0.25, -0.2) is 4.98 Å². The van der Waals surface area contributed by atoms with Crippen LogP contribution in [-0.2, 0) is 22.7 Å². The van der Waals surface area contributed by atoms with Gasteiger partial charge in [0.1, 0.15) is 6.54 Å². The Morgan fingerprint density at radius 1 is 1.27 bits per heavy atom. The van der Waals surface area contributed by atoms with Crippen LogP contribution in [0.3, 0.4) is 0 Å². The normalized spacial score (nSPS) is 10.6. The zero-order valence-corrected chi connectivity index (χ0v) is 16.0. The summed E-state index contributed by atoms with van der Waals surface area (Å²) >= 11 is 1.23. The molecule has 0 bridgehead atoms. The summed E-state index contributed by atoms with van der Waals surface area (Å²) in [5.41, 5.74) is 3.46. The van der Waals surface area contributed by atoms with E-state index in [1.807, 2.05) is 39.0 Å². The molecule has 0 atom stereocenters. The first-order valence-corrected chi connectivity index (χ1v) is 9.35. The molecule has 2 rings (SSSR count). The van der Waals surface area contributed by atoms with Gasteiger partial charge in [-0.15, -0.1) is 0 Å². The van der Waals surface area contributed by atoms with Crippen LogP contribution in [0.4, 0.5) is 5.69 Å². The standard InChI is InChI=1S/C18H24N4O3S/c1-4-19-16(24)9-22-14(10-23)8-20-18(22)26-11-17(25)21-15-6-5-12(2)7-13(15)3/h5-8,23H,4,9-11H2,1-3H3,(H,19,24)(H,21,25). The number of hydrogen-bond donors (Lipinski definition) is 3. The van der Waals surface area contributed by atoms with Crippen LogP contribution in [0.15, 0.2) is 29.6 Å². The van der Waals surface area contributed by atoms with Crippen LogP contribution >= 0.6 is 11.8 Å². The number of likely N-dealkylation sites (N-methyl/N-ethyl adjacent to an activating group) is 1. The summed E-state index contributed by atoms with van der Waals surface area (Å²) < 4.78 is 1.63. The molecule has 1 aromatic heterocycles. The van der Waals surface area contributed by atoms with Gasteiger partial charge in [-0.2, -0.15) is 0 Å². The Labute approximate surface area is 157 Å². The molecule has 7 nitrogen and oxygen atoms in total. The quantitative estimate of drug-likeness (QED) is 0.611. The van der Waals surface area contributed by atoms with Crippen molar-refractivity contribution in [1.82, 2.24) is 14.9 Å². The van der Waals surface area contributed by atoms with Crippen molar-refractivity contribution >= 4 is 29.3 Å². The number of rotatable bonds is 8. The van der Waals surface area contributed by atoms with Crippen molar-refractivity contribution in [1.29, 1.82) is 0 Å². The molecule has 0 unspecified atom stereocenters. The van der Waals surface area contributed by atoms with E-state index in [9.17, 15) is 14.7 Å². The number of aromatic nitrogens is 2. The zero-order valence-electron chi connectivity index (χ0n) is 15.2. The molecule has 0 aliphatic carbocycles. The highest BCUT2D eigenvalue weighted by molar-refractivity contribution is 7.99. The number of nitrogens with one attached hydrogen (secondary N) is 2. The largest absolute Gasteiger partial charge is 0.390 e. The fourth-order valence-corrected chi connectivity index (χ4v) is 3.27. The molecule has 0 saturated carbocycles. The molecule has 2 amide bonds. The average Bonchev–Trinajstić information content (AvgIpc) is 2.97. The van der Waals surface area contributed by atoms with Crippen LogP contribution in [0.25, 0.3) is 0 Å². The maximum Gasteiger partial charge on any atom is 0.240 e. The molecular weight excluding hydrogens is 352 g/mol. The highest BCUT2D eigenvalue weighted by Gasteiger charge is 2.15. The number of thioether (sulfide) groups is 1. The molecule has 0 fully saturated rings. The van der Waals surface area contributed by atoms with Gasteiger partial charge in [-0.05, 0) is 32.4 Å². The van der Waals surface area contributed by atoms with Crippen LogP contribution < -0.4 is 10.6 Å². The molecule has 8 heteroatoms. The molecule has 0 aliphatic rings. The van der Waals surface area contributed by atoms with E-state index in [-0.39, 0.29) is 30.7 Å². The Hall–Kier alpha value is -2.32. The van der Waals surface area contributed by atoms with E-state index in [1.165, 1.54) is 18.0 Å². The molecule has 0 spiro atoms. The van der Waals surface area contributed by atoms with Gasteiger partial charge in [-0.1, -0.05) is 29.5 Å². The molecule has 2 aromatic rings. The van der Waals surface area contributed by atoms with E-state index in [1.54, 1.807) is 4.57 Å². The Kier molecular flexibility index (Phi) is 7.23. The molecule has 1 aromatic carbocycles. The SMILES string of the molecule is CCNC(=O)Cn1c(CO)cnc1SCC(=O)Nc1ccc(C)cc1C. The molecular formula is C18H24N4O3S. The fourth-order valence-electron chi connectivity index (χ4n) is 2.47. The minimum absolute atomic E-state index is 0.0603. The van der Waals surface area contributed by atoms with Crippen molar-refractivity contribution in [2.45, 2.75) is 39.1 Å². The Morgan fingerprint density at radius 2 is 2.04 bits per heavy atom. The lowest BCUT2D eigenvalue weighted by molar-refractivity contribution is -0.121. The summed E-state index contributed by atoms with van der Waals surface area (Å²) in [5, 5.41) is 15.5. The van der Waals surface area contributed by atoms with E-state index < -0.39 is 0 Å². The van der Waals surface area contributed by atoms with E-state index in [0.29, 0.717) is 17.4 Å². The van der Waals surface area contributed by atoms with Crippen molar-refractivity contribution in [3.05, 3.63) is 41.2 Å². The monoisotopic (exact) mass is 376 g/mol. The first-order chi connectivity index (χ1) is 12.4. The first-order valence-electron chi connectivity index (χ1n) is 8.36. The van der Waals surface area contributed by atoms with Gasteiger partial charge in [0.2, 0.25) is 11.8 Å². The summed E-state index contributed by atoms with van der Waals surface area (Å²) in [6.45, 7) is 6.16. The second kappa shape index (κ2) is 9.40. The third kappa shape index (κ3) is 5.34. The summed E-state index contributed by atoms with van der Waals surface area (Å²) in [7, 11) is 0. The van der Waals surface area contributed by atoms with E-state index in [0.717, 1.165) is 16.8 Å². The van der Waals surface area contributed by atoms with Crippen molar-refractivity contribution < 1.29 is 14.7 Å². The highest BCUT2D eigenvalue weighted by Crippen LogP contribution is 2.20. The maximum atomic E-state index is 12.2. The van der Waals surface area contributed by atoms with Gasteiger partial charge in [0.05, 0.1) is 24.3 Å². The summed E-state index contributed by atoms with van der Waals surface area (Å²) in [5.74, 6) is -0.160. The highest BCUT2D eigenvalue weighted by atomic mass is 32.2. The summed E-state index contributed by atoms with van der Waals surface area (Å²) in [6.07, 6.45) is 1.52. The lowest BCUT2D eigenvalue weighted by Gasteiger charge is -2.11. The molecule has 140 valence electrons. The number of nitrogens with zero attached hydrogens (tertiary/aromatic N) is 2. The van der Waals surface area contributed by atoms with Gasteiger partial charge < -0.3 is 20.3 Å². The molecule has 26 heavy (non-hydrogen) atoms. The summed E-state index contributed by atoms with van der Waals surface area (Å²) in [4.78, 5) is 28.3. The van der Waals surface area contributed by atoms with Gasteiger partial charge in [0, 0.05) is 12.2 Å². The topological polar surface area (TPSA) is 96.2 Å². The van der Waals surface area contributed by atoms with Gasteiger partial charge in [0.15, 0.2) is 5.16 Å². The number of aliphatic hydroxyl groups excluding tert-OH is 1. The second-order valence-electron chi connectivity index (χ2n) is 5.89. The number of carbonyl (C=O) groups excluding carboxylic acids is 2. The van der Waals surface area contributed by atoms with E-state index >= 15 is 0 Å². The Morgan fingerprint density at radius 3 is 2.69 bits per heavy atom. The first kappa shape index (κ1) is 20.0. The van der Waals surface area contributed by atoms with E-state index in [2.05, 4.69) is 15.6 Å². The van der Waals surface area contributed by atoms with Crippen LogP contribution in [-0.4, -0.2) is 38.8 Å². The average molecular weight is 376 g/mol. The van der Waals surface area contributed by atoms with Crippen molar-refractivity contribution in [2.24, 2.45) is 0 Å². The predicted octanol–water partition coefficient (Wildman–Crippen LogP) is 1.86. The number of imidazole rings is 1. The van der Waals surface area contributed by atoms with Gasteiger partial charge in [-0.3, -0.25) is 9.59 Å². The van der Waals surface area contributed by atoms with Gasteiger partial charge >= 0.3 is 0 Å². The number of carbonyl (C=O) groups is 2. The van der Waals surface area contributed by atoms with Crippen molar-refractivity contribution in [2.75, 3.05) is 17.6 Å². The van der Waals surface area contributed by atoms with E-state index in [4.69, 9.17) is 0 Å². The molecule has 1 heterocycles. The van der Waals surface area contributed by atoms with Crippen LogP contribution in [0.2, 0.25) is 0 Å². The van der Waals surface area contributed by atoms with Gasteiger partial charge in [0.25, 0.3) is 0 Å². The third-order valence-corrected chi connectivity index (χ3v) is 4.72. The lowest BCUT2D eigenvalue weighted by atomic mass is 10.1. The van der Waals surface area contributed by atoms with Crippen LogP contribution in [0.5, 0.6) is 0 Å². The number of hydrogen-bond acceptors (Lipinski definition) is 5. The molecule has 0 aliphatic heterocycles. The lowest BCUT2D eigenvalue weighted by Crippen LogP contribution is -2.28. The second-order valence-corrected chi connectivity index (χ2v) is 6.83. The molecule has 3 N–H and O–H groups in total. The van der Waals surface area contributed by atoms with Crippen LogP contribution in [0.1, 0.15) is 23.7 Å². The third-order valence-electron chi connectivity index (χ3n) is 3.73. The Bertz CT molecular complexity index is 789. The number of benzene rings is 1. The summed E-state index contributed by atoms with van der Waals surface area (Å²) in [6, 6.07) is 5.84. The smallest absolute Gasteiger partial charge is 0.240 e. The fraction of sp³-hybridized carbons (Fsp3) is 0.389. The predicted molar refractivity (Wildman–Crippen MR) is 102 cm³/mol. The molecule has 0 radical (unpaired) electrons. The molecule has 0 saturated heterocycles. The number of anilines is 1. The minimum Gasteiger partial charge on any atom is -0.390 e.